The Morgan fingerprint density at radius 3 is 2.70 bits per heavy atom. The molecule has 0 aromatic carbocycles. The highest BCUT2D eigenvalue weighted by Gasteiger charge is 2.40. The number of amides is 2. The lowest BCUT2D eigenvalue weighted by atomic mass is 10.1. The molecule has 0 saturated carbocycles. The topological polar surface area (TPSA) is 86.8 Å². The summed E-state index contributed by atoms with van der Waals surface area (Å²) < 4.78 is 23.4. The molecule has 7 nitrogen and oxygen atoms in total. The lowest BCUT2D eigenvalue weighted by Crippen LogP contribution is -2.66. The molecule has 0 bridgehead atoms. The van der Waals surface area contributed by atoms with Gasteiger partial charge in [-0.05, 0) is 6.42 Å². The first kappa shape index (κ1) is 15.2. The lowest BCUT2D eigenvalue weighted by Gasteiger charge is -2.43. The van der Waals surface area contributed by atoms with Crippen LogP contribution in [0.5, 0.6) is 0 Å². The normalized spacial score (nSPS) is 23.9. The van der Waals surface area contributed by atoms with Crippen molar-refractivity contribution in [1.82, 2.24) is 15.1 Å². The second-order valence-electron chi connectivity index (χ2n) is 5.26. The van der Waals surface area contributed by atoms with Gasteiger partial charge in [0.1, 0.15) is 0 Å². The first-order valence-corrected chi connectivity index (χ1v) is 8.78. The SMILES string of the molecule is CCCS(=O)(=O)CCN1CC2CNCCN2C(=O)C1=O. The van der Waals surface area contributed by atoms with Crippen molar-refractivity contribution in [2.24, 2.45) is 0 Å². The van der Waals surface area contributed by atoms with Crippen LogP contribution in [0.25, 0.3) is 0 Å². The lowest BCUT2D eigenvalue weighted by molar-refractivity contribution is -0.159. The number of nitrogens with one attached hydrogen (secondary N) is 1. The number of carbonyl (C=O) groups is 2. The quantitative estimate of drug-likeness (QED) is 0.622. The summed E-state index contributed by atoms with van der Waals surface area (Å²) in [7, 11) is -3.14. The molecule has 2 rings (SSSR count). The van der Waals surface area contributed by atoms with E-state index in [9.17, 15) is 18.0 Å². The van der Waals surface area contributed by atoms with Gasteiger partial charge in [0.15, 0.2) is 9.84 Å². The number of nitrogens with zero attached hydrogens (tertiary/aromatic N) is 2. The average molecular weight is 303 g/mol. The van der Waals surface area contributed by atoms with E-state index in [1.165, 1.54) is 4.90 Å². The molecule has 8 heteroatoms. The molecule has 0 aromatic rings. The summed E-state index contributed by atoms with van der Waals surface area (Å²) in [6.45, 7) is 4.21. The molecule has 2 saturated heterocycles. The van der Waals surface area contributed by atoms with Crippen molar-refractivity contribution < 1.29 is 18.0 Å². The molecule has 20 heavy (non-hydrogen) atoms. The van der Waals surface area contributed by atoms with Gasteiger partial charge in [-0.2, -0.15) is 0 Å². The summed E-state index contributed by atoms with van der Waals surface area (Å²) in [6.07, 6.45) is 0.565. The van der Waals surface area contributed by atoms with E-state index in [-0.39, 0.29) is 24.1 Å². The largest absolute Gasteiger partial charge is 0.331 e. The summed E-state index contributed by atoms with van der Waals surface area (Å²) in [6, 6.07) is -0.0390. The Morgan fingerprint density at radius 1 is 1.25 bits per heavy atom. The van der Waals surface area contributed by atoms with Gasteiger partial charge in [0.25, 0.3) is 0 Å². The van der Waals surface area contributed by atoms with Gasteiger partial charge in [0, 0.05) is 38.5 Å². The van der Waals surface area contributed by atoms with Gasteiger partial charge in [0.2, 0.25) is 0 Å². The molecular weight excluding hydrogens is 282 g/mol. The van der Waals surface area contributed by atoms with Crippen LogP contribution >= 0.6 is 0 Å². The minimum Gasteiger partial charge on any atom is -0.331 e. The molecule has 2 aliphatic heterocycles. The van der Waals surface area contributed by atoms with Gasteiger partial charge in [-0.1, -0.05) is 6.92 Å². The number of carbonyl (C=O) groups excluding carboxylic acids is 2. The summed E-state index contributed by atoms with van der Waals surface area (Å²) in [5.74, 6) is -1.02. The Bertz CT molecular complexity index is 491. The zero-order valence-corrected chi connectivity index (χ0v) is 12.5. The number of fused-ring (bicyclic) bond motifs is 1. The maximum absolute atomic E-state index is 12.0. The van der Waals surface area contributed by atoms with Gasteiger partial charge < -0.3 is 15.1 Å². The van der Waals surface area contributed by atoms with Crippen LogP contribution in [0.2, 0.25) is 0 Å². The Kier molecular flexibility index (Phi) is 4.64. The average Bonchev–Trinajstić information content (AvgIpc) is 2.41. The molecule has 2 amide bonds. The van der Waals surface area contributed by atoms with Crippen LogP contribution in [0.15, 0.2) is 0 Å². The number of hydrogen-bond acceptors (Lipinski definition) is 5. The van der Waals surface area contributed by atoms with Crippen LogP contribution in [-0.4, -0.2) is 80.3 Å². The van der Waals surface area contributed by atoms with Gasteiger partial charge in [-0.15, -0.1) is 0 Å². The van der Waals surface area contributed by atoms with Crippen molar-refractivity contribution in [2.45, 2.75) is 19.4 Å². The molecule has 2 aliphatic rings. The molecule has 0 aromatic heterocycles. The summed E-state index contributed by atoms with van der Waals surface area (Å²) in [5.41, 5.74) is 0. The fraction of sp³-hybridized carbons (Fsp3) is 0.833. The smallest absolute Gasteiger partial charge is 0.312 e. The van der Waals surface area contributed by atoms with Gasteiger partial charge in [0.05, 0.1) is 11.8 Å². The number of piperazine rings is 2. The highest BCUT2D eigenvalue weighted by atomic mass is 32.2. The first-order valence-electron chi connectivity index (χ1n) is 6.95. The van der Waals surface area contributed by atoms with Crippen LogP contribution in [0, 0.1) is 0 Å². The Labute approximate surface area is 119 Å². The van der Waals surface area contributed by atoms with Gasteiger partial charge in [-0.3, -0.25) is 9.59 Å². The Balaban J connectivity index is 1.98. The van der Waals surface area contributed by atoms with E-state index in [0.717, 1.165) is 0 Å². The molecular formula is C12H21N3O4S. The van der Waals surface area contributed by atoms with Crippen molar-refractivity contribution in [2.75, 3.05) is 44.2 Å². The van der Waals surface area contributed by atoms with E-state index in [0.29, 0.717) is 32.6 Å². The predicted molar refractivity (Wildman–Crippen MR) is 73.9 cm³/mol. The first-order chi connectivity index (χ1) is 9.44. The molecule has 2 heterocycles. The van der Waals surface area contributed by atoms with E-state index in [2.05, 4.69) is 5.32 Å². The van der Waals surface area contributed by atoms with Gasteiger partial charge >= 0.3 is 11.8 Å². The number of sulfone groups is 1. The van der Waals surface area contributed by atoms with E-state index < -0.39 is 21.7 Å². The molecule has 0 aliphatic carbocycles. The summed E-state index contributed by atoms with van der Waals surface area (Å²) >= 11 is 0. The van der Waals surface area contributed by atoms with E-state index >= 15 is 0 Å². The Hall–Kier alpha value is -1.15. The van der Waals surface area contributed by atoms with Crippen molar-refractivity contribution in [3.8, 4) is 0 Å². The van der Waals surface area contributed by atoms with Gasteiger partial charge in [-0.25, -0.2) is 8.42 Å². The zero-order valence-electron chi connectivity index (χ0n) is 11.7. The predicted octanol–water partition coefficient (Wildman–Crippen LogP) is -1.55. The standard InChI is InChI=1S/C12H21N3O4S/c1-2-6-20(18,19)7-5-14-9-10-8-13-3-4-15(10)12(17)11(14)16/h10,13H,2-9H2,1H3. The molecule has 1 N–H and O–H groups in total. The van der Waals surface area contributed by atoms with Crippen molar-refractivity contribution >= 4 is 21.7 Å². The monoisotopic (exact) mass is 303 g/mol. The number of hydrogen-bond donors (Lipinski definition) is 1. The van der Waals surface area contributed by atoms with Crippen LogP contribution in [0.3, 0.4) is 0 Å². The molecule has 1 atom stereocenters. The molecule has 0 radical (unpaired) electrons. The van der Waals surface area contributed by atoms with Crippen LogP contribution in [0.1, 0.15) is 13.3 Å². The second-order valence-corrected chi connectivity index (χ2v) is 7.56. The third-order valence-electron chi connectivity index (χ3n) is 3.70. The highest BCUT2D eigenvalue weighted by molar-refractivity contribution is 7.91. The fourth-order valence-electron chi connectivity index (χ4n) is 2.64. The minimum absolute atomic E-state index is 0.0390. The third-order valence-corrected chi connectivity index (χ3v) is 5.53. The Morgan fingerprint density at radius 2 is 2.00 bits per heavy atom. The molecule has 0 spiro atoms. The highest BCUT2D eigenvalue weighted by Crippen LogP contribution is 2.14. The third kappa shape index (κ3) is 3.29. The maximum atomic E-state index is 12.0. The molecule has 1 unspecified atom stereocenters. The van der Waals surface area contributed by atoms with E-state index in [4.69, 9.17) is 0 Å². The molecule has 2 fully saturated rings. The maximum Gasteiger partial charge on any atom is 0.312 e. The number of rotatable bonds is 5. The minimum atomic E-state index is -3.14. The van der Waals surface area contributed by atoms with Crippen molar-refractivity contribution in [3.63, 3.8) is 0 Å². The second kappa shape index (κ2) is 6.09. The van der Waals surface area contributed by atoms with Crippen molar-refractivity contribution in [1.29, 1.82) is 0 Å². The van der Waals surface area contributed by atoms with E-state index in [1.807, 2.05) is 0 Å². The fourth-order valence-corrected chi connectivity index (χ4v) is 3.97. The molecule has 114 valence electrons. The van der Waals surface area contributed by atoms with E-state index in [1.54, 1.807) is 11.8 Å². The zero-order chi connectivity index (χ0) is 14.8. The summed E-state index contributed by atoms with van der Waals surface area (Å²) in [4.78, 5) is 26.9. The summed E-state index contributed by atoms with van der Waals surface area (Å²) in [5, 5.41) is 3.18. The van der Waals surface area contributed by atoms with Crippen LogP contribution in [0.4, 0.5) is 0 Å². The van der Waals surface area contributed by atoms with Crippen LogP contribution in [-0.2, 0) is 19.4 Å². The van der Waals surface area contributed by atoms with Crippen LogP contribution < -0.4 is 5.32 Å². The van der Waals surface area contributed by atoms with Crippen molar-refractivity contribution in [3.05, 3.63) is 0 Å².